The van der Waals surface area contributed by atoms with Crippen molar-refractivity contribution >= 4 is 40.9 Å². The molecule has 8 rings (SSSR count). The second kappa shape index (κ2) is 13.9. The third kappa shape index (κ3) is 6.88. The molecule has 2 N–H and O–H groups in total. The van der Waals surface area contributed by atoms with Gasteiger partial charge in [0.15, 0.2) is 6.10 Å². The number of fused-ring (bicyclic) bond motifs is 5. The fourth-order valence-electron chi connectivity index (χ4n) is 8.89. The molecule has 0 saturated carbocycles. The van der Waals surface area contributed by atoms with Crippen LogP contribution in [0, 0.1) is 5.92 Å². The second-order valence-corrected chi connectivity index (χ2v) is 14.8. The van der Waals surface area contributed by atoms with Gasteiger partial charge in [0.1, 0.15) is 0 Å². The summed E-state index contributed by atoms with van der Waals surface area (Å²) in [7, 11) is 1.36. The molecule has 0 aromatic heterocycles. The molecule has 270 valence electrons. The van der Waals surface area contributed by atoms with Gasteiger partial charge in [0, 0.05) is 82.8 Å². The predicted molar refractivity (Wildman–Crippen MR) is 183 cm³/mol. The van der Waals surface area contributed by atoms with Gasteiger partial charge in [-0.25, -0.2) is 4.79 Å². The topological polar surface area (TPSA) is 97.5 Å². The van der Waals surface area contributed by atoms with E-state index in [4.69, 9.17) is 16.3 Å². The molecule has 6 aliphatic heterocycles. The molecule has 3 amide bonds. The van der Waals surface area contributed by atoms with E-state index in [0.29, 0.717) is 70.5 Å². The van der Waals surface area contributed by atoms with Gasteiger partial charge < -0.3 is 30.1 Å². The standard InChI is InChI=1S/C36H44ClF3N6O4/c1-41-32-26(36(38,39)40)18-23(19-27(32)37)20-30(33(48)45-16-14-44(15-17-45)29-22-43-10-6-24(29)7-11-43)50-34(49)46-12-8-35(9-13-46)21-31(47)42-28-5-3-2-4-25(28)35/h2-5,18-19,24,29-30,41H,6-17,20-22H2,1H3,(H,42,47)/t29?,30-/m1/s1. The molecule has 2 atom stereocenters. The summed E-state index contributed by atoms with van der Waals surface area (Å²) < 4.78 is 48.1. The first-order valence-electron chi connectivity index (χ1n) is 17.6. The SMILES string of the molecule is CNc1c(Cl)cc(C[C@@H](OC(=O)N2CCC3(CC2)CC(=O)Nc2ccccc23)C(=O)N2CCN(C3CN4CCC3CC4)CC2)cc1C(F)(F)F. The lowest BCUT2D eigenvalue weighted by Gasteiger charge is -2.51. The Balaban J connectivity index is 1.07. The molecule has 1 spiro atoms. The number of amides is 3. The summed E-state index contributed by atoms with van der Waals surface area (Å²) in [6.07, 6.45) is -3.26. The fourth-order valence-corrected chi connectivity index (χ4v) is 9.22. The number of nitrogens with one attached hydrogen (secondary N) is 2. The Kier molecular flexibility index (Phi) is 9.68. The number of piperidine rings is 4. The van der Waals surface area contributed by atoms with Crippen molar-refractivity contribution in [3.8, 4) is 0 Å². The predicted octanol–water partition coefficient (Wildman–Crippen LogP) is 5.06. The van der Waals surface area contributed by atoms with E-state index in [1.54, 1.807) is 4.90 Å². The average molecular weight is 717 g/mol. The first kappa shape index (κ1) is 34.9. The monoisotopic (exact) mass is 716 g/mol. The van der Waals surface area contributed by atoms with Crippen LogP contribution in [0.25, 0.3) is 0 Å². The highest BCUT2D eigenvalue weighted by Gasteiger charge is 2.45. The summed E-state index contributed by atoms with van der Waals surface area (Å²) in [5.41, 5.74) is 0.330. The van der Waals surface area contributed by atoms with E-state index < -0.39 is 35.3 Å². The van der Waals surface area contributed by atoms with E-state index in [0.717, 1.165) is 37.0 Å². The zero-order valence-corrected chi connectivity index (χ0v) is 29.0. The second-order valence-electron chi connectivity index (χ2n) is 14.4. The van der Waals surface area contributed by atoms with Gasteiger partial charge in [-0.15, -0.1) is 0 Å². The van der Waals surface area contributed by atoms with Gasteiger partial charge in [0.05, 0.1) is 16.3 Å². The smallest absolute Gasteiger partial charge is 0.418 e. The van der Waals surface area contributed by atoms with Crippen molar-refractivity contribution in [3.63, 3.8) is 0 Å². The summed E-state index contributed by atoms with van der Waals surface area (Å²) in [6, 6.07) is 10.5. The number of nitrogens with zero attached hydrogens (tertiary/aromatic N) is 4. The molecule has 0 radical (unpaired) electrons. The number of halogens is 4. The number of hydrogen-bond acceptors (Lipinski definition) is 7. The molecule has 5 fully saturated rings. The Labute approximate surface area is 295 Å². The van der Waals surface area contributed by atoms with Gasteiger partial charge in [-0.05, 0) is 74.0 Å². The normalized spacial score (nSPS) is 25.5. The molecule has 2 aromatic carbocycles. The summed E-state index contributed by atoms with van der Waals surface area (Å²) in [6.45, 7) is 6.19. The van der Waals surface area contributed by atoms with E-state index in [2.05, 4.69) is 20.4 Å². The molecule has 6 heterocycles. The molecule has 6 aliphatic rings. The van der Waals surface area contributed by atoms with Crippen LogP contribution in [0.4, 0.5) is 29.3 Å². The van der Waals surface area contributed by atoms with Crippen molar-refractivity contribution < 1.29 is 32.3 Å². The molecule has 50 heavy (non-hydrogen) atoms. The average Bonchev–Trinajstić information content (AvgIpc) is 3.11. The van der Waals surface area contributed by atoms with Gasteiger partial charge in [-0.3, -0.25) is 14.5 Å². The van der Waals surface area contributed by atoms with Gasteiger partial charge in [-0.2, -0.15) is 13.2 Å². The maximum atomic E-state index is 14.1. The minimum absolute atomic E-state index is 0.0693. The number of rotatable bonds is 6. The van der Waals surface area contributed by atoms with E-state index in [1.165, 1.54) is 30.9 Å². The Morgan fingerprint density at radius 1 is 1.02 bits per heavy atom. The number of hydrogen-bond donors (Lipinski definition) is 2. The highest BCUT2D eigenvalue weighted by molar-refractivity contribution is 6.33. The van der Waals surface area contributed by atoms with Crippen LogP contribution in [-0.2, 0) is 32.3 Å². The number of alkyl halides is 3. The van der Waals surface area contributed by atoms with Crippen LogP contribution < -0.4 is 10.6 Å². The minimum atomic E-state index is -4.70. The number of piperazine rings is 1. The highest BCUT2D eigenvalue weighted by atomic mass is 35.5. The number of ether oxygens (including phenoxy) is 1. The molecule has 14 heteroatoms. The zero-order chi connectivity index (χ0) is 35.2. The van der Waals surface area contributed by atoms with Crippen LogP contribution >= 0.6 is 11.6 Å². The van der Waals surface area contributed by atoms with E-state index in [1.807, 2.05) is 24.3 Å². The number of benzene rings is 2. The molecule has 10 nitrogen and oxygen atoms in total. The van der Waals surface area contributed by atoms with Crippen LogP contribution in [-0.4, -0.2) is 116 Å². The lowest BCUT2D eigenvalue weighted by molar-refractivity contribution is -0.143. The van der Waals surface area contributed by atoms with E-state index in [9.17, 15) is 27.6 Å². The van der Waals surface area contributed by atoms with Crippen molar-refractivity contribution in [1.82, 2.24) is 19.6 Å². The summed E-state index contributed by atoms with van der Waals surface area (Å²) in [5, 5.41) is 5.32. The van der Waals surface area contributed by atoms with Gasteiger partial charge >= 0.3 is 12.3 Å². The molecular weight excluding hydrogens is 673 g/mol. The lowest BCUT2D eigenvalue weighted by Crippen LogP contribution is -2.62. The van der Waals surface area contributed by atoms with Gasteiger partial charge in [0.25, 0.3) is 5.91 Å². The maximum absolute atomic E-state index is 14.1. The van der Waals surface area contributed by atoms with Crippen molar-refractivity contribution in [1.29, 1.82) is 0 Å². The number of carbonyl (C=O) groups excluding carboxylic acids is 3. The van der Waals surface area contributed by atoms with Crippen LogP contribution in [0.5, 0.6) is 0 Å². The van der Waals surface area contributed by atoms with Crippen molar-refractivity contribution in [2.45, 2.75) is 62.3 Å². The minimum Gasteiger partial charge on any atom is -0.436 e. The molecule has 1 unspecified atom stereocenters. The van der Waals surface area contributed by atoms with Crippen molar-refractivity contribution in [3.05, 3.63) is 58.1 Å². The molecule has 2 bridgehead atoms. The summed E-state index contributed by atoms with van der Waals surface area (Å²) in [5.74, 6) is 0.157. The highest BCUT2D eigenvalue weighted by Crippen LogP contribution is 2.45. The van der Waals surface area contributed by atoms with Crippen LogP contribution in [0.15, 0.2) is 36.4 Å². The number of anilines is 2. The Morgan fingerprint density at radius 3 is 2.36 bits per heavy atom. The van der Waals surface area contributed by atoms with Gasteiger partial charge in [0.2, 0.25) is 5.91 Å². The van der Waals surface area contributed by atoms with E-state index in [-0.39, 0.29) is 28.6 Å². The number of para-hydroxylation sites is 1. The largest absolute Gasteiger partial charge is 0.436 e. The zero-order valence-electron chi connectivity index (χ0n) is 28.2. The van der Waals surface area contributed by atoms with Crippen LogP contribution in [0.2, 0.25) is 5.02 Å². The third-order valence-corrected chi connectivity index (χ3v) is 11.9. The first-order valence-corrected chi connectivity index (χ1v) is 18.0. The fraction of sp³-hybridized carbons (Fsp3) is 0.583. The maximum Gasteiger partial charge on any atom is 0.418 e. The van der Waals surface area contributed by atoms with Crippen molar-refractivity contribution in [2.24, 2.45) is 5.92 Å². The first-order chi connectivity index (χ1) is 23.9. The summed E-state index contributed by atoms with van der Waals surface area (Å²) in [4.78, 5) is 48.6. The third-order valence-electron chi connectivity index (χ3n) is 11.6. The summed E-state index contributed by atoms with van der Waals surface area (Å²) >= 11 is 6.30. The van der Waals surface area contributed by atoms with E-state index >= 15 is 0 Å². The Bertz CT molecular complexity index is 1620. The quantitative estimate of drug-likeness (QED) is 0.432. The molecular formula is C36H44ClF3N6O4. The van der Waals surface area contributed by atoms with Crippen LogP contribution in [0.3, 0.4) is 0 Å². The van der Waals surface area contributed by atoms with Gasteiger partial charge in [-0.1, -0.05) is 29.8 Å². The Morgan fingerprint density at radius 2 is 1.72 bits per heavy atom. The Hall–Kier alpha value is -3.55. The number of likely N-dealkylation sites (tertiary alicyclic amines) is 1. The number of carbonyl (C=O) groups is 3. The lowest BCUT2D eigenvalue weighted by atomic mass is 9.68. The van der Waals surface area contributed by atoms with Crippen LogP contribution in [0.1, 0.15) is 48.8 Å². The molecule has 2 aromatic rings. The molecule has 5 saturated heterocycles. The van der Waals surface area contributed by atoms with Crippen molar-refractivity contribution in [2.75, 3.05) is 76.6 Å². The molecule has 0 aliphatic carbocycles.